The number of fused-ring (bicyclic) bond motifs is 3. The minimum atomic E-state index is -0.00466. The lowest BCUT2D eigenvalue weighted by atomic mass is 9.87. The molecule has 0 radical (unpaired) electrons. The molecular formula is C26H32N4O2. The highest BCUT2D eigenvalue weighted by Crippen LogP contribution is 2.31. The van der Waals surface area contributed by atoms with E-state index in [0.717, 1.165) is 46.2 Å². The van der Waals surface area contributed by atoms with Gasteiger partial charge < -0.3 is 9.64 Å². The molecule has 1 aliphatic heterocycles. The van der Waals surface area contributed by atoms with Gasteiger partial charge in [0.1, 0.15) is 5.75 Å². The monoisotopic (exact) mass is 432 g/mol. The Morgan fingerprint density at radius 3 is 2.69 bits per heavy atom. The zero-order valence-corrected chi connectivity index (χ0v) is 19.4. The molecule has 1 fully saturated rings. The second-order valence-corrected chi connectivity index (χ2v) is 9.37. The molecule has 0 spiro atoms. The lowest BCUT2D eigenvalue weighted by Gasteiger charge is -2.22. The molecule has 0 bridgehead atoms. The number of hydrogen-bond donors (Lipinski definition) is 0. The summed E-state index contributed by atoms with van der Waals surface area (Å²) in [5, 5.41) is 4.77. The highest BCUT2D eigenvalue weighted by molar-refractivity contribution is 5.97. The summed E-state index contributed by atoms with van der Waals surface area (Å²) in [7, 11) is 0. The summed E-state index contributed by atoms with van der Waals surface area (Å²) in [4.78, 5) is 20.0. The average Bonchev–Trinajstić information content (AvgIpc) is 3.37. The first-order valence-corrected chi connectivity index (χ1v) is 11.9. The van der Waals surface area contributed by atoms with Crippen LogP contribution in [0.1, 0.15) is 77.1 Å². The summed E-state index contributed by atoms with van der Waals surface area (Å²) in [6.07, 6.45) is 7.73. The highest BCUT2D eigenvalue weighted by atomic mass is 16.5. The van der Waals surface area contributed by atoms with Gasteiger partial charge in [0.05, 0.1) is 31.0 Å². The fourth-order valence-electron chi connectivity index (χ4n) is 5.11. The SMILES string of the molecule is Cc1nc2c3c(nn2c(C)c1C)CN(C(=O)c1ccccc1OCCC1CCCCC1)C3. The van der Waals surface area contributed by atoms with E-state index in [1.165, 1.54) is 32.1 Å². The number of benzene rings is 1. The van der Waals surface area contributed by atoms with Crippen LogP contribution in [-0.2, 0) is 13.1 Å². The molecule has 0 atom stereocenters. The van der Waals surface area contributed by atoms with Gasteiger partial charge in [-0.2, -0.15) is 5.10 Å². The molecule has 0 N–H and O–H groups in total. The quantitative estimate of drug-likeness (QED) is 0.559. The molecular weight excluding hydrogens is 400 g/mol. The van der Waals surface area contributed by atoms with E-state index in [9.17, 15) is 4.79 Å². The zero-order valence-electron chi connectivity index (χ0n) is 19.4. The van der Waals surface area contributed by atoms with Crippen molar-refractivity contribution < 1.29 is 9.53 Å². The first kappa shape index (κ1) is 21.0. The Kier molecular flexibility index (Phi) is 5.62. The first-order valence-electron chi connectivity index (χ1n) is 11.9. The van der Waals surface area contributed by atoms with Crippen LogP contribution in [0, 0.1) is 26.7 Å². The van der Waals surface area contributed by atoms with Crippen molar-refractivity contribution in [1.82, 2.24) is 19.5 Å². The predicted molar refractivity (Wildman–Crippen MR) is 124 cm³/mol. The molecule has 1 aliphatic carbocycles. The van der Waals surface area contributed by atoms with E-state index in [1.54, 1.807) is 0 Å². The van der Waals surface area contributed by atoms with Crippen LogP contribution < -0.4 is 4.74 Å². The molecule has 2 aliphatic rings. The van der Waals surface area contributed by atoms with Crippen molar-refractivity contribution in [2.45, 2.75) is 72.4 Å². The maximum Gasteiger partial charge on any atom is 0.258 e. The average molecular weight is 433 g/mol. The Hall–Kier alpha value is -2.89. The van der Waals surface area contributed by atoms with Crippen LogP contribution in [0.5, 0.6) is 5.75 Å². The second kappa shape index (κ2) is 8.57. The van der Waals surface area contributed by atoms with Crippen LogP contribution in [-0.4, -0.2) is 32.0 Å². The number of hydrogen-bond acceptors (Lipinski definition) is 4. The molecule has 168 valence electrons. The van der Waals surface area contributed by atoms with Gasteiger partial charge in [-0.25, -0.2) is 9.50 Å². The number of aryl methyl sites for hydroxylation is 2. The van der Waals surface area contributed by atoms with Gasteiger partial charge in [-0.1, -0.05) is 44.2 Å². The summed E-state index contributed by atoms with van der Waals surface area (Å²) in [5.41, 5.74) is 6.78. The lowest BCUT2D eigenvalue weighted by molar-refractivity contribution is 0.0745. The Morgan fingerprint density at radius 2 is 1.88 bits per heavy atom. The lowest BCUT2D eigenvalue weighted by Crippen LogP contribution is -2.26. The van der Waals surface area contributed by atoms with Gasteiger partial charge in [0.25, 0.3) is 5.91 Å². The van der Waals surface area contributed by atoms with Gasteiger partial charge in [0.15, 0.2) is 5.65 Å². The maximum atomic E-state index is 13.4. The van der Waals surface area contributed by atoms with Gasteiger partial charge in [0, 0.05) is 17.0 Å². The second-order valence-electron chi connectivity index (χ2n) is 9.37. The maximum absolute atomic E-state index is 13.4. The van der Waals surface area contributed by atoms with Crippen molar-refractivity contribution in [3.8, 4) is 5.75 Å². The fraction of sp³-hybridized carbons (Fsp3) is 0.500. The summed E-state index contributed by atoms with van der Waals surface area (Å²) < 4.78 is 8.04. The number of aromatic nitrogens is 3. The van der Waals surface area contributed by atoms with Crippen molar-refractivity contribution in [3.05, 3.63) is 58.0 Å². The van der Waals surface area contributed by atoms with Crippen molar-refractivity contribution >= 4 is 11.6 Å². The summed E-state index contributed by atoms with van der Waals surface area (Å²) in [6, 6.07) is 7.63. The van der Waals surface area contributed by atoms with Gasteiger partial charge in [0.2, 0.25) is 0 Å². The number of carbonyl (C=O) groups excluding carboxylic acids is 1. The van der Waals surface area contributed by atoms with E-state index in [-0.39, 0.29) is 5.91 Å². The van der Waals surface area contributed by atoms with E-state index < -0.39 is 0 Å². The Bertz CT molecular complexity index is 1160. The summed E-state index contributed by atoms with van der Waals surface area (Å²) in [6.45, 7) is 7.88. The van der Waals surface area contributed by atoms with E-state index in [2.05, 4.69) is 13.8 Å². The highest BCUT2D eigenvalue weighted by Gasteiger charge is 2.31. The van der Waals surface area contributed by atoms with Crippen LogP contribution in [0.25, 0.3) is 5.65 Å². The Morgan fingerprint density at radius 1 is 1.09 bits per heavy atom. The van der Waals surface area contributed by atoms with E-state index in [4.69, 9.17) is 14.8 Å². The third-order valence-corrected chi connectivity index (χ3v) is 7.32. The number of para-hydroxylation sites is 1. The molecule has 3 heterocycles. The summed E-state index contributed by atoms with van der Waals surface area (Å²) in [5.74, 6) is 1.45. The minimum absolute atomic E-state index is 0.00466. The van der Waals surface area contributed by atoms with Gasteiger partial charge in [-0.05, 0) is 50.8 Å². The fourth-order valence-corrected chi connectivity index (χ4v) is 5.11. The first-order chi connectivity index (χ1) is 15.5. The standard InChI is InChI=1S/C26H32N4O2/c1-17-18(2)27-25-22-15-29(16-23(22)28-30(25)19(17)3)26(31)21-11-7-8-12-24(21)32-14-13-20-9-5-4-6-10-20/h7-8,11-12,20H,4-6,9-10,13-16H2,1-3H3. The van der Waals surface area contributed by atoms with E-state index >= 15 is 0 Å². The molecule has 1 amide bonds. The molecule has 6 nitrogen and oxygen atoms in total. The smallest absolute Gasteiger partial charge is 0.258 e. The van der Waals surface area contributed by atoms with Crippen LogP contribution in [0.2, 0.25) is 0 Å². The molecule has 5 rings (SSSR count). The van der Waals surface area contributed by atoms with Crippen LogP contribution >= 0.6 is 0 Å². The zero-order chi connectivity index (χ0) is 22.2. The number of nitrogens with zero attached hydrogens (tertiary/aromatic N) is 4. The van der Waals surface area contributed by atoms with E-state index in [0.29, 0.717) is 31.0 Å². The molecule has 1 saturated carbocycles. The van der Waals surface area contributed by atoms with Crippen molar-refractivity contribution in [2.75, 3.05) is 6.61 Å². The molecule has 0 unspecified atom stereocenters. The largest absolute Gasteiger partial charge is 0.493 e. The number of ether oxygens (including phenoxy) is 1. The number of rotatable bonds is 5. The molecule has 1 aromatic carbocycles. The Labute approximate surface area is 189 Å². The van der Waals surface area contributed by atoms with Crippen LogP contribution in [0.3, 0.4) is 0 Å². The molecule has 3 aromatic rings. The summed E-state index contributed by atoms with van der Waals surface area (Å²) >= 11 is 0. The van der Waals surface area contributed by atoms with Crippen LogP contribution in [0.15, 0.2) is 24.3 Å². The number of amides is 1. The number of carbonyl (C=O) groups is 1. The predicted octanol–water partition coefficient (Wildman–Crippen LogP) is 5.16. The van der Waals surface area contributed by atoms with E-state index in [1.807, 2.05) is 40.6 Å². The van der Waals surface area contributed by atoms with Gasteiger partial charge in [-0.3, -0.25) is 4.79 Å². The van der Waals surface area contributed by atoms with Gasteiger partial charge >= 0.3 is 0 Å². The topological polar surface area (TPSA) is 59.7 Å². The molecule has 0 saturated heterocycles. The third-order valence-electron chi connectivity index (χ3n) is 7.32. The van der Waals surface area contributed by atoms with Crippen molar-refractivity contribution in [3.63, 3.8) is 0 Å². The van der Waals surface area contributed by atoms with Crippen LogP contribution in [0.4, 0.5) is 0 Å². The normalized spacial score (nSPS) is 16.5. The molecule has 6 heteroatoms. The Balaban J connectivity index is 1.31. The molecule has 2 aromatic heterocycles. The minimum Gasteiger partial charge on any atom is -0.493 e. The van der Waals surface area contributed by atoms with Crippen molar-refractivity contribution in [1.29, 1.82) is 0 Å². The molecule has 32 heavy (non-hydrogen) atoms. The third kappa shape index (κ3) is 3.76. The van der Waals surface area contributed by atoms with Crippen molar-refractivity contribution in [2.24, 2.45) is 5.92 Å². The van der Waals surface area contributed by atoms with Gasteiger partial charge in [-0.15, -0.1) is 0 Å².